The first-order chi connectivity index (χ1) is 14.2. The molecule has 10 heteroatoms. The highest BCUT2D eigenvalue weighted by molar-refractivity contribution is 14.0. The van der Waals surface area contributed by atoms with E-state index in [1.165, 1.54) is 0 Å². The van der Waals surface area contributed by atoms with E-state index in [1.807, 2.05) is 37.6 Å². The molecule has 0 bridgehead atoms. The van der Waals surface area contributed by atoms with Crippen LogP contribution in [0.25, 0.3) is 0 Å². The van der Waals surface area contributed by atoms with Gasteiger partial charge in [0.1, 0.15) is 18.5 Å². The van der Waals surface area contributed by atoms with Crippen LogP contribution in [-0.4, -0.2) is 66.8 Å². The lowest BCUT2D eigenvalue weighted by Gasteiger charge is -2.34. The molecule has 0 aliphatic carbocycles. The van der Waals surface area contributed by atoms with Crippen LogP contribution in [0.3, 0.4) is 0 Å². The first-order valence-corrected chi connectivity index (χ1v) is 9.89. The lowest BCUT2D eigenvalue weighted by molar-refractivity contribution is -0.00805. The third-order valence-corrected chi connectivity index (χ3v) is 4.76. The first kappa shape index (κ1) is 22.5. The van der Waals surface area contributed by atoms with Crippen molar-refractivity contribution < 1.29 is 18.9 Å². The monoisotopic (exact) mass is 529 g/mol. The Morgan fingerprint density at radius 3 is 3.00 bits per heavy atom. The van der Waals surface area contributed by atoms with Gasteiger partial charge in [0.25, 0.3) is 0 Å². The molecule has 30 heavy (non-hydrogen) atoms. The average Bonchev–Trinajstić information content (AvgIpc) is 3.39. The maximum Gasteiger partial charge on any atom is 0.231 e. The fourth-order valence-corrected chi connectivity index (χ4v) is 3.36. The van der Waals surface area contributed by atoms with Crippen LogP contribution >= 0.6 is 24.0 Å². The van der Waals surface area contributed by atoms with Gasteiger partial charge in [-0.1, -0.05) is 0 Å². The number of nitrogens with zero attached hydrogens (tertiary/aromatic N) is 4. The van der Waals surface area contributed by atoms with Crippen molar-refractivity contribution in [2.24, 2.45) is 12.0 Å². The van der Waals surface area contributed by atoms with Crippen molar-refractivity contribution in [3.8, 4) is 17.2 Å². The number of fused-ring (bicyclic) bond motifs is 1. The first-order valence-electron chi connectivity index (χ1n) is 9.89. The van der Waals surface area contributed by atoms with Gasteiger partial charge in [-0.2, -0.15) is 5.10 Å². The Labute approximate surface area is 193 Å². The molecule has 0 saturated carbocycles. The number of ether oxygens (including phenoxy) is 4. The Morgan fingerprint density at radius 2 is 2.20 bits per heavy atom. The van der Waals surface area contributed by atoms with Crippen LogP contribution < -0.4 is 19.5 Å². The third-order valence-electron chi connectivity index (χ3n) is 4.76. The van der Waals surface area contributed by atoms with E-state index in [0.717, 1.165) is 42.7 Å². The van der Waals surface area contributed by atoms with Crippen molar-refractivity contribution >= 4 is 29.9 Å². The molecule has 0 spiro atoms. The molecule has 1 saturated heterocycles. The summed E-state index contributed by atoms with van der Waals surface area (Å²) in [5, 5.41) is 7.62. The van der Waals surface area contributed by atoms with Crippen LogP contribution in [0.5, 0.6) is 17.2 Å². The van der Waals surface area contributed by atoms with E-state index >= 15 is 0 Å². The predicted molar refractivity (Wildman–Crippen MR) is 123 cm³/mol. The van der Waals surface area contributed by atoms with E-state index in [9.17, 15) is 0 Å². The number of morpholine rings is 1. The molecule has 0 amide bonds. The Hall–Kier alpha value is -2.21. The Bertz CT molecular complexity index is 859. The molecule has 1 atom stereocenters. The molecule has 9 nitrogen and oxygen atoms in total. The van der Waals surface area contributed by atoms with Gasteiger partial charge in [0.2, 0.25) is 6.79 Å². The molecular formula is C20H28IN5O4. The maximum atomic E-state index is 5.93. The number of aliphatic imine (C=N–C) groups is 1. The fourth-order valence-electron chi connectivity index (χ4n) is 3.36. The van der Waals surface area contributed by atoms with Crippen LogP contribution in [-0.2, 0) is 11.8 Å². The van der Waals surface area contributed by atoms with E-state index in [-0.39, 0.29) is 36.9 Å². The SMILES string of the molecule is CCNC(=NCCOc1ccc2c(c1)OCO2)N1CCOC(c2cnn(C)c2)C1.I. The molecule has 2 aliphatic rings. The van der Waals surface area contributed by atoms with E-state index in [4.69, 9.17) is 23.9 Å². The number of halogens is 1. The van der Waals surface area contributed by atoms with Gasteiger partial charge in [-0.05, 0) is 19.1 Å². The number of guanidine groups is 1. The molecule has 164 valence electrons. The van der Waals surface area contributed by atoms with Crippen molar-refractivity contribution in [3.63, 3.8) is 0 Å². The zero-order valence-electron chi connectivity index (χ0n) is 17.2. The number of aromatic nitrogens is 2. The molecule has 0 radical (unpaired) electrons. The van der Waals surface area contributed by atoms with Crippen molar-refractivity contribution in [1.82, 2.24) is 20.0 Å². The van der Waals surface area contributed by atoms with Crippen LogP contribution in [0.2, 0.25) is 0 Å². The standard InChI is InChI=1S/C20H27N5O4.HI/c1-3-21-20(25-7-9-27-19(13-25)15-11-23-24(2)12-15)22-6-8-26-16-4-5-17-18(10-16)29-14-28-17;/h4-5,10-12,19H,3,6-9,13-14H2,1-2H3,(H,21,22);1H. The lowest BCUT2D eigenvalue weighted by Crippen LogP contribution is -2.48. The summed E-state index contributed by atoms with van der Waals surface area (Å²) in [6.07, 6.45) is 3.85. The van der Waals surface area contributed by atoms with Gasteiger partial charge in [0.15, 0.2) is 17.5 Å². The van der Waals surface area contributed by atoms with Gasteiger partial charge in [-0.3, -0.25) is 4.68 Å². The largest absolute Gasteiger partial charge is 0.492 e. The highest BCUT2D eigenvalue weighted by atomic mass is 127. The zero-order chi connectivity index (χ0) is 20.1. The molecule has 1 fully saturated rings. The summed E-state index contributed by atoms with van der Waals surface area (Å²) in [5.41, 5.74) is 1.08. The average molecular weight is 529 g/mol. The van der Waals surface area contributed by atoms with Crippen molar-refractivity contribution in [1.29, 1.82) is 0 Å². The summed E-state index contributed by atoms with van der Waals surface area (Å²) in [4.78, 5) is 6.96. The van der Waals surface area contributed by atoms with Gasteiger partial charge in [0.05, 0.1) is 25.9 Å². The Kier molecular flexibility index (Phi) is 8.02. The Morgan fingerprint density at radius 1 is 1.33 bits per heavy atom. The van der Waals surface area contributed by atoms with E-state index < -0.39 is 0 Å². The van der Waals surface area contributed by atoms with Gasteiger partial charge >= 0.3 is 0 Å². The second-order valence-electron chi connectivity index (χ2n) is 6.85. The highest BCUT2D eigenvalue weighted by Gasteiger charge is 2.25. The second-order valence-corrected chi connectivity index (χ2v) is 6.85. The van der Waals surface area contributed by atoms with E-state index in [1.54, 1.807) is 4.68 Å². The number of hydrogen-bond acceptors (Lipinski definition) is 6. The van der Waals surface area contributed by atoms with Crippen LogP contribution in [0.4, 0.5) is 0 Å². The predicted octanol–water partition coefficient (Wildman–Crippen LogP) is 2.18. The minimum absolute atomic E-state index is 0. The minimum atomic E-state index is -0.00816. The molecule has 1 aromatic heterocycles. The molecule has 3 heterocycles. The summed E-state index contributed by atoms with van der Waals surface area (Å²) in [7, 11) is 1.91. The van der Waals surface area contributed by atoms with Gasteiger partial charge in [-0.25, -0.2) is 4.99 Å². The quantitative estimate of drug-likeness (QED) is 0.266. The number of rotatable bonds is 6. The fraction of sp³-hybridized carbons (Fsp3) is 0.500. The Balaban J connectivity index is 0.00000256. The van der Waals surface area contributed by atoms with Crippen LogP contribution in [0.15, 0.2) is 35.6 Å². The lowest BCUT2D eigenvalue weighted by atomic mass is 10.1. The van der Waals surface area contributed by atoms with Crippen molar-refractivity contribution in [3.05, 3.63) is 36.2 Å². The minimum Gasteiger partial charge on any atom is -0.492 e. The number of nitrogens with one attached hydrogen (secondary N) is 1. The maximum absolute atomic E-state index is 5.93. The van der Waals surface area contributed by atoms with Crippen molar-refractivity contribution in [2.45, 2.75) is 13.0 Å². The number of hydrogen-bond donors (Lipinski definition) is 1. The summed E-state index contributed by atoms with van der Waals surface area (Å²) < 4.78 is 24.2. The van der Waals surface area contributed by atoms with Crippen molar-refractivity contribution in [2.75, 3.05) is 46.2 Å². The summed E-state index contributed by atoms with van der Waals surface area (Å²) in [6, 6.07) is 5.58. The molecule has 1 aromatic carbocycles. The molecule has 4 rings (SSSR count). The molecule has 1 unspecified atom stereocenters. The summed E-state index contributed by atoms with van der Waals surface area (Å²) in [5.74, 6) is 3.09. The van der Waals surface area contributed by atoms with E-state index in [2.05, 4.69) is 22.2 Å². The zero-order valence-corrected chi connectivity index (χ0v) is 19.6. The molecule has 2 aromatic rings. The normalized spacial score (nSPS) is 18.1. The number of aryl methyl sites for hydroxylation is 1. The van der Waals surface area contributed by atoms with Gasteiger partial charge < -0.3 is 29.2 Å². The highest BCUT2D eigenvalue weighted by Crippen LogP contribution is 2.35. The third kappa shape index (κ3) is 5.48. The van der Waals surface area contributed by atoms with Gasteiger partial charge in [0, 0.05) is 38.0 Å². The smallest absolute Gasteiger partial charge is 0.231 e. The van der Waals surface area contributed by atoms with Crippen LogP contribution in [0.1, 0.15) is 18.6 Å². The molecular weight excluding hydrogens is 501 g/mol. The molecule has 2 aliphatic heterocycles. The summed E-state index contributed by atoms with van der Waals surface area (Å²) >= 11 is 0. The second kappa shape index (κ2) is 10.7. The van der Waals surface area contributed by atoms with Crippen LogP contribution in [0, 0.1) is 0 Å². The number of benzene rings is 1. The summed E-state index contributed by atoms with van der Waals surface area (Å²) in [6.45, 7) is 6.34. The topological polar surface area (TPSA) is 82.4 Å². The van der Waals surface area contributed by atoms with E-state index in [0.29, 0.717) is 25.5 Å². The molecule has 1 N–H and O–H groups in total. The van der Waals surface area contributed by atoms with Gasteiger partial charge in [-0.15, -0.1) is 24.0 Å².